The Kier molecular flexibility index (Phi) is 6.40. The second kappa shape index (κ2) is 7.82. The maximum absolute atomic E-state index is 11.9. The van der Waals surface area contributed by atoms with Crippen LogP contribution in [0.3, 0.4) is 0 Å². The predicted molar refractivity (Wildman–Crippen MR) is 86.6 cm³/mol. The van der Waals surface area contributed by atoms with E-state index >= 15 is 0 Å². The average molecular weight is 306 g/mol. The van der Waals surface area contributed by atoms with E-state index in [9.17, 15) is 9.59 Å². The Morgan fingerprint density at radius 2 is 1.77 bits per heavy atom. The molecule has 1 N–H and O–H groups in total. The largest absolute Gasteiger partial charge is 0.497 e. The van der Waals surface area contributed by atoms with Crippen LogP contribution in [-0.2, 0) is 16.1 Å². The minimum absolute atomic E-state index is 0.0181. The number of amides is 2. The Morgan fingerprint density at radius 1 is 1.18 bits per heavy atom. The quantitative estimate of drug-likeness (QED) is 0.877. The summed E-state index contributed by atoms with van der Waals surface area (Å²) >= 11 is 0. The third-order valence-corrected chi connectivity index (χ3v) is 3.40. The number of rotatable bonds is 6. The molecule has 22 heavy (non-hydrogen) atoms. The summed E-state index contributed by atoms with van der Waals surface area (Å²) in [6, 6.07) is 7.55. The van der Waals surface area contributed by atoms with Gasteiger partial charge in [-0.3, -0.25) is 9.59 Å². The van der Waals surface area contributed by atoms with Gasteiger partial charge < -0.3 is 15.0 Å². The van der Waals surface area contributed by atoms with E-state index in [4.69, 9.17) is 4.74 Å². The third-order valence-electron chi connectivity index (χ3n) is 3.40. The fourth-order valence-electron chi connectivity index (χ4n) is 2.21. The van der Waals surface area contributed by atoms with E-state index in [0.717, 1.165) is 11.3 Å². The molecule has 5 heteroatoms. The molecule has 122 valence electrons. The van der Waals surface area contributed by atoms with Gasteiger partial charge in [-0.1, -0.05) is 12.1 Å². The number of nitrogens with zero attached hydrogens (tertiary/aromatic N) is 1. The first-order valence-corrected chi connectivity index (χ1v) is 7.42. The van der Waals surface area contributed by atoms with Crippen LogP contribution in [0.4, 0.5) is 0 Å². The molecule has 0 aliphatic heterocycles. The Labute approximate surface area is 132 Å². The van der Waals surface area contributed by atoms with Crippen LogP contribution >= 0.6 is 0 Å². The molecule has 1 aromatic carbocycles. The summed E-state index contributed by atoms with van der Waals surface area (Å²) in [5.41, 5.74) is 0.732. The average Bonchev–Trinajstić information content (AvgIpc) is 2.44. The number of hydrogen-bond donors (Lipinski definition) is 1. The fourth-order valence-corrected chi connectivity index (χ4v) is 2.21. The Morgan fingerprint density at radius 3 is 2.23 bits per heavy atom. The first-order valence-electron chi connectivity index (χ1n) is 7.42. The van der Waals surface area contributed by atoms with Crippen LogP contribution in [0.15, 0.2) is 24.3 Å². The molecule has 0 spiro atoms. The van der Waals surface area contributed by atoms with Gasteiger partial charge in [0, 0.05) is 32.0 Å². The van der Waals surface area contributed by atoms with E-state index in [-0.39, 0.29) is 17.4 Å². The fraction of sp³-hybridized carbons (Fsp3) is 0.529. The molecule has 1 aromatic rings. The number of carbonyl (C=O) groups is 2. The van der Waals surface area contributed by atoms with Gasteiger partial charge in [0.25, 0.3) is 0 Å². The zero-order valence-electron chi connectivity index (χ0n) is 14.1. The molecular formula is C17H26N2O3. The van der Waals surface area contributed by atoms with Crippen LogP contribution < -0.4 is 10.1 Å². The highest BCUT2D eigenvalue weighted by Crippen LogP contribution is 2.14. The lowest BCUT2D eigenvalue weighted by Gasteiger charge is -2.34. The van der Waals surface area contributed by atoms with Gasteiger partial charge in [0.15, 0.2) is 0 Å². The van der Waals surface area contributed by atoms with Gasteiger partial charge in [0.1, 0.15) is 5.75 Å². The molecule has 0 heterocycles. The predicted octanol–water partition coefficient (Wildman–Crippen LogP) is 2.35. The number of hydrogen-bond acceptors (Lipinski definition) is 3. The van der Waals surface area contributed by atoms with Crippen molar-refractivity contribution in [3.63, 3.8) is 0 Å². The second-order valence-electron chi connectivity index (χ2n) is 6.22. The van der Waals surface area contributed by atoms with Crippen molar-refractivity contribution in [2.75, 3.05) is 13.7 Å². The number of methoxy groups -OCH3 is 1. The van der Waals surface area contributed by atoms with Crippen LogP contribution in [-0.4, -0.2) is 35.9 Å². The van der Waals surface area contributed by atoms with E-state index in [1.807, 2.05) is 45.0 Å². The van der Waals surface area contributed by atoms with Gasteiger partial charge in [-0.25, -0.2) is 0 Å². The van der Waals surface area contributed by atoms with Gasteiger partial charge >= 0.3 is 0 Å². The molecule has 1 rings (SSSR count). The molecule has 2 amide bonds. The summed E-state index contributed by atoms with van der Waals surface area (Å²) in [5, 5.41) is 2.86. The van der Waals surface area contributed by atoms with Crippen molar-refractivity contribution in [2.45, 2.75) is 46.2 Å². The Hall–Kier alpha value is -2.04. The van der Waals surface area contributed by atoms with Crippen molar-refractivity contribution in [1.29, 1.82) is 0 Å². The van der Waals surface area contributed by atoms with Crippen molar-refractivity contribution in [2.24, 2.45) is 0 Å². The Bertz CT molecular complexity index is 504. The summed E-state index contributed by atoms with van der Waals surface area (Å²) in [6.07, 6.45) is 0.299. The van der Waals surface area contributed by atoms with E-state index in [1.54, 1.807) is 12.0 Å². The molecular weight excluding hydrogens is 280 g/mol. The van der Waals surface area contributed by atoms with E-state index < -0.39 is 0 Å². The highest BCUT2D eigenvalue weighted by Gasteiger charge is 2.23. The van der Waals surface area contributed by atoms with Gasteiger partial charge in [-0.05, 0) is 38.5 Å². The lowest BCUT2D eigenvalue weighted by atomic mass is 10.1. The second-order valence-corrected chi connectivity index (χ2v) is 6.22. The third kappa shape index (κ3) is 5.76. The molecule has 5 nitrogen and oxygen atoms in total. The van der Waals surface area contributed by atoms with Crippen LogP contribution in [0, 0.1) is 0 Å². The minimum Gasteiger partial charge on any atom is -0.497 e. The normalized spacial score (nSPS) is 11.0. The Balaban J connectivity index is 2.44. The minimum atomic E-state index is -0.276. The van der Waals surface area contributed by atoms with E-state index in [1.165, 1.54) is 6.92 Å². The monoisotopic (exact) mass is 306 g/mol. The smallest absolute Gasteiger partial charge is 0.222 e. The molecule has 0 saturated carbocycles. The maximum atomic E-state index is 11.9. The van der Waals surface area contributed by atoms with Crippen molar-refractivity contribution in [1.82, 2.24) is 10.2 Å². The number of ether oxygens (including phenoxy) is 1. The van der Waals surface area contributed by atoms with Gasteiger partial charge in [0.05, 0.1) is 7.11 Å². The zero-order chi connectivity index (χ0) is 16.8. The molecule has 0 bridgehead atoms. The number of benzene rings is 1. The summed E-state index contributed by atoms with van der Waals surface area (Å²) in [6.45, 7) is 8.31. The first kappa shape index (κ1) is 18.0. The van der Waals surface area contributed by atoms with Crippen molar-refractivity contribution in [3.8, 4) is 5.75 Å². The van der Waals surface area contributed by atoms with Gasteiger partial charge in [-0.2, -0.15) is 0 Å². The zero-order valence-corrected chi connectivity index (χ0v) is 14.1. The summed E-state index contributed by atoms with van der Waals surface area (Å²) in [7, 11) is 1.62. The topological polar surface area (TPSA) is 58.6 Å². The van der Waals surface area contributed by atoms with Crippen LogP contribution in [0.25, 0.3) is 0 Å². The van der Waals surface area contributed by atoms with Crippen molar-refractivity contribution in [3.05, 3.63) is 29.8 Å². The van der Waals surface area contributed by atoms with E-state index in [2.05, 4.69) is 5.32 Å². The lowest BCUT2D eigenvalue weighted by molar-refractivity contribution is -0.134. The molecule has 0 fully saturated rings. The first-order chi connectivity index (χ1) is 10.2. The van der Waals surface area contributed by atoms with Crippen LogP contribution in [0.5, 0.6) is 5.75 Å². The van der Waals surface area contributed by atoms with Crippen molar-refractivity contribution >= 4 is 11.8 Å². The van der Waals surface area contributed by atoms with Gasteiger partial charge in [-0.15, -0.1) is 0 Å². The summed E-state index contributed by atoms with van der Waals surface area (Å²) in [5.74, 6) is 0.708. The van der Waals surface area contributed by atoms with Gasteiger partial charge in [0.2, 0.25) is 11.8 Å². The van der Waals surface area contributed by atoms with Crippen LogP contribution in [0.2, 0.25) is 0 Å². The maximum Gasteiger partial charge on any atom is 0.222 e. The molecule has 0 radical (unpaired) electrons. The van der Waals surface area contributed by atoms with E-state index in [0.29, 0.717) is 19.5 Å². The van der Waals surface area contributed by atoms with Crippen molar-refractivity contribution < 1.29 is 14.3 Å². The standard InChI is InChI=1S/C17H26N2O3/c1-13(20)19(17(2,3)4)11-10-16(21)18-12-14-6-8-15(22-5)9-7-14/h6-9H,10-12H2,1-5H3,(H,18,21). The summed E-state index contributed by atoms with van der Waals surface area (Å²) in [4.78, 5) is 25.3. The van der Waals surface area contributed by atoms with Crippen LogP contribution in [0.1, 0.15) is 39.7 Å². The number of carbonyl (C=O) groups excluding carboxylic acids is 2. The molecule has 0 unspecified atom stereocenters. The highest BCUT2D eigenvalue weighted by molar-refractivity contribution is 5.78. The SMILES string of the molecule is COc1ccc(CNC(=O)CCN(C(C)=O)C(C)(C)C)cc1. The number of nitrogens with one attached hydrogen (secondary N) is 1. The molecule has 0 atom stereocenters. The molecule has 0 saturated heterocycles. The molecule has 0 aliphatic rings. The highest BCUT2D eigenvalue weighted by atomic mass is 16.5. The summed E-state index contributed by atoms with van der Waals surface area (Å²) < 4.78 is 5.09. The molecule has 0 aliphatic carbocycles. The lowest BCUT2D eigenvalue weighted by Crippen LogP contribution is -2.46. The molecule has 0 aromatic heterocycles.